The maximum Gasteiger partial charge on any atom is 0.336 e. The second kappa shape index (κ2) is 4.99. The Balaban J connectivity index is 2.13. The highest BCUT2D eigenvalue weighted by Gasteiger charge is 2.17. The number of benzene rings is 1. The average Bonchev–Trinajstić information content (AvgIpc) is 3.01. The minimum atomic E-state index is -0.983. The highest BCUT2D eigenvalue weighted by Crippen LogP contribution is 2.28. The Kier molecular flexibility index (Phi) is 3.17. The lowest BCUT2D eigenvalue weighted by Gasteiger charge is -2.00. The Hall–Kier alpha value is -2.32. The molecule has 0 fully saturated rings. The zero-order chi connectivity index (χ0) is 14.1. The summed E-state index contributed by atoms with van der Waals surface area (Å²) in [6, 6.07) is 6.74. The van der Waals surface area contributed by atoms with E-state index in [9.17, 15) is 9.90 Å². The fourth-order valence-corrected chi connectivity index (χ4v) is 2.74. The van der Waals surface area contributed by atoms with E-state index < -0.39 is 5.97 Å². The van der Waals surface area contributed by atoms with Crippen LogP contribution in [-0.4, -0.2) is 38.0 Å². The van der Waals surface area contributed by atoms with Gasteiger partial charge in [0.05, 0.1) is 5.56 Å². The molecule has 0 saturated heterocycles. The van der Waals surface area contributed by atoms with Gasteiger partial charge in [-0.25, -0.2) is 4.79 Å². The standard InChI is InChI=1S/C12H10N4O3S/c1-19-6-9-13-14-12-16(9)15-10(20-12)7-4-2-3-5-8(7)11(17)18/h2-5H,6H2,1H3,(H,17,18). The third-order valence-corrected chi connectivity index (χ3v) is 3.65. The van der Waals surface area contributed by atoms with E-state index >= 15 is 0 Å². The number of aromatic carboxylic acids is 1. The minimum Gasteiger partial charge on any atom is -0.478 e. The first kappa shape index (κ1) is 12.7. The molecule has 0 spiro atoms. The van der Waals surface area contributed by atoms with Crippen LogP contribution in [-0.2, 0) is 11.3 Å². The van der Waals surface area contributed by atoms with Crippen LogP contribution in [0.2, 0.25) is 0 Å². The van der Waals surface area contributed by atoms with Gasteiger partial charge in [0.1, 0.15) is 11.6 Å². The lowest BCUT2D eigenvalue weighted by Crippen LogP contribution is -2.00. The van der Waals surface area contributed by atoms with E-state index in [1.165, 1.54) is 11.3 Å². The molecular weight excluding hydrogens is 280 g/mol. The van der Waals surface area contributed by atoms with Crippen LogP contribution in [0, 0.1) is 0 Å². The highest BCUT2D eigenvalue weighted by atomic mass is 32.1. The van der Waals surface area contributed by atoms with E-state index in [0.29, 0.717) is 28.0 Å². The van der Waals surface area contributed by atoms with Gasteiger partial charge in [-0.05, 0) is 6.07 Å². The fraction of sp³-hybridized carbons (Fsp3) is 0.167. The summed E-state index contributed by atoms with van der Waals surface area (Å²) >= 11 is 1.29. The molecule has 3 rings (SSSR count). The van der Waals surface area contributed by atoms with Crippen LogP contribution in [0.4, 0.5) is 0 Å². The van der Waals surface area contributed by atoms with Crippen LogP contribution in [0.1, 0.15) is 16.2 Å². The van der Waals surface area contributed by atoms with Crippen molar-refractivity contribution in [2.75, 3.05) is 7.11 Å². The first-order valence-corrected chi connectivity index (χ1v) is 6.55. The molecule has 0 atom stereocenters. The number of fused-ring (bicyclic) bond motifs is 1. The Morgan fingerprint density at radius 2 is 2.20 bits per heavy atom. The van der Waals surface area contributed by atoms with E-state index in [4.69, 9.17) is 4.74 Å². The SMILES string of the molecule is COCc1nnc2sc(-c3ccccc3C(=O)O)nn12. The van der Waals surface area contributed by atoms with Crippen molar-refractivity contribution in [3.05, 3.63) is 35.7 Å². The molecule has 7 nitrogen and oxygen atoms in total. The van der Waals surface area contributed by atoms with Gasteiger partial charge in [0.25, 0.3) is 0 Å². The van der Waals surface area contributed by atoms with E-state index in [2.05, 4.69) is 15.3 Å². The van der Waals surface area contributed by atoms with Crippen LogP contribution in [0.3, 0.4) is 0 Å². The molecule has 1 aromatic carbocycles. The number of methoxy groups -OCH3 is 1. The van der Waals surface area contributed by atoms with E-state index in [-0.39, 0.29) is 5.56 Å². The van der Waals surface area contributed by atoms with Crippen molar-refractivity contribution in [3.63, 3.8) is 0 Å². The van der Waals surface area contributed by atoms with Gasteiger partial charge in [-0.1, -0.05) is 29.5 Å². The van der Waals surface area contributed by atoms with Gasteiger partial charge in [0.15, 0.2) is 5.82 Å². The fourth-order valence-electron chi connectivity index (χ4n) is 1.84. The van der Waals surface area contributed by atoms with Gasteiger partial charge in [-0.15, -0.1) is 10.2 Å². The number of ether oxygens (including phenoxy) is 1. The molecule has 0 amide bonds. The van der Waals surface area contributed by atoms with Crippen LogP contribution < -0.4 is 0 Å². The Labute approximate surface area is 117 Å². The number of carboxylic acids is 1. The molecule has 0 aliphatic rings. The maximum atomic E-state index is 11.2. The number of hydrogen-bond donors (Lipinski definition) is 1. The van der Waals surface area contributed by atoms with E-state index in [1.54, 1.807) is 35.9 Å². The Bertz CT molecular complexity index is 780. The molecular formula is C12H10N4O3S. The predicted molar refractivity (Wildman–Crippen MR) is 71.8 cm³/mol. The van der Waals surface area contributed by atoms with Crippen molar-refractivity contribution >= 4 is 22.3 Å². The largest absolute Gasteiger partial charge is 0.478 e. The number of rotatable bonds is 4. The van der Waals surface area contributed by atoms with E-state index in [0.717, 1.165) is 0 Å². The summed E-state index contributed by atoms with van der Waals surface area (Å²) in [5.74, 6) is -0.401. The van der Waals surface area contributed by atoms with Crippen molar-refractivity contribution < 1.29 is 14.6 Å². The average molecular weight is 290 g/mol. The summed E-state index contributed by atoms with van der Waals surface area (Å²) in [4.78, 5) is 11.8. The molecule has 0 radical (unpaired) electrons. The predicted octanol–water partition coefficient (Wildman–Crippen LogP) is 1.70. The summed E-state index contributed by atoms with van der Waals surface area (Å²) in [5, 5.41) is 22.1. The summed E-state index contributed by atoms with van der Waals surface area (Å²) in [7, 11) is 1.56. The number of carboxylic acid groups (broad SMARTS) is 1. The van der Waals surface area contributed by atoms with Gasteiger partial charge < -0.3 is 9.84 Å². The Morgan fingerprint density at radius 1 is 1.40 bits per heavy atom. The lowest BCUT2D eigenvalue weighted by atomic mass is 10.1. The first-order valence-electron chi connectivity index (χ1n) is 5.73. The number of aromatic nitrogens is 4. The highest BCUT2D eigenvalue weighted by molar-refractivity contribution is 7.19. The number of nitrogens with zero attached hydrogens (tertiary/aromatic N) is 4. The normalized spacial score (nSPS) is 11.1. The summed E-state index contributed by atoms with van der Waals surface area (Å²) < 4.78 is 6.59. The molecule has 0 saturated carbocycles. The summed E-state index contributed by atoms with van der Waals surface area (Å²) in [6.45, 7) is 0.297. The smallest absolute Gasteiger partial charge is 0.336 e. The van der Waals surface area contributed by atoms with Crippen molar-refractivity contribution in [1.82, 2.24) is 19.8 Å². The number of carbonyl (C=O) groups is 1. The van der Waals surface area contributed by atoms with Crippen molar-refractivity contribution in [2.45, 2.75) is 6.61 Å². The zero-order valence-corrected chi connectivity index (χ0v) is 11.3. The quantitative estimate of drug-likeness (QED) is 0.786. The van der Waals surface area contributed by atoms with Crippen LogP contribution >= 0.6 is 11.3 Å². The molecule has 1 N–H and O–H groups in total. The second-order valence-corrected chi connectivity index (χ2v) is 4.96. The summed E-state index contributed by atoms with van der Waals surface area (Å²) in [6.07, 6.45) is 0. The minimum absolute atomic E-state index is 0.214. The second-order valence-electron chi connectivity index (χ2n) is 4.00. The van der Waals surface area contributed by atoms with Crippen molar-refractivity contribution in [2.24, 2.45) is 0 Å². The first-order chi connectivity index (χ1) is 9.70. The van der Waals surface area contributed by atoms with Crippen molar-refractivity contribution in [3.8, 4) is 10.6 Å². The number of hydrogen-bond acceptors (Lipinski definition) is 6. The third-order valence-electron chi connectivity index (χ3n) is 2.72. The van der Waals surface area contributed by atoms with E-state index in [1.807, 2.05) is 0 Å². The molecule has 2 aromatic heterocycles. The topological polar surface area (TPSA) is 89.6 Å². The van der Waals surface area contributed by atoms with Gasteiger partial charge >= 0.3 is 5.97 Å². The zero-order valence-electron chi connectivity index (χ0n) is 10.5. The Morgan fingerprint density at radius 3 is 2.95 bits per heavy atom. The van der Waals surface area contributed by atoms with Gasteiger partial charge in [0.2, 0.25) is 4.96 Å². The molecule has 102 valence electrons. The molecule has 8 heteroatoms. The van der Waals surface area contributed by atoms with Crippen LogP contribution in [0.15, 0.2) is 24.3 Å². The summed E-state index contributed by atoms with van der Waals surface area (Å²) in [5.41, 5.74) is 0.782. The molecule has 0 aliphatic heterocycles. The van der Waals surface area contributed by atoms with Crippen LogP contribution in [0.25, 0.3) is 15.5 Å². The van der Waals surface area contributed by atoms with Gasteiger partial charge in [-0.2, -0.15) is 9.61 Å². The third kappa shape index (κ3) is 2.04. The molecule has 20 heavy (non-hydrogen) atoms. The molecule has 0 unspecified atom stereocenters. The molecule has 0 bridgehead atoms. The van der Waals surface area contributed by atoms with Crippen LogP contribution in [0.5, 0.6) is 0 Å². The maximum absolute atomic E-state index is 11.2. The molecule has 3 aromatic rings. The molecule has 2 heterocycles. The van der Waals surface area contributed by atoms with Crippen molar-refractivity contribution in [1.29, 1.82) is 0 Å². The monoisotopic (exact) mass is 290 g/mol. The lowest BCUT2D eigenvalue weighted by molar-refractivity contribution is 0.0697. The molecule has 0 aliphatic carbocycles. The van der Waals surface area contributed by atoms with Gasteiger partial charge in [0, 0.05) is 12.7 Å². The van der Waals surface area contributed by atoms with Gasteiger partial charge in [-0.3, -0.25) is 0 Å².